The number of morpholine rings is 1. The van der Waals surface area contributed by atoms with Gasteiger partial charge >= 0.3 is 0 Å². The number of halogens is 1. The van der Waals surface area contributed by atoms with Crippen LogP contribution in [0.2, 0.25) is 0 Å². The van der Waals surface area contributed by atoms with Gasteiger partial charge in [-0.1, -0.05) is 0 Å². The second-order valence-electron chi connectivity index (χ2n) is 4.33. The van der Waals surface area contributed by atoms with E-state index < -0.39 is 0 Å². The van der Waals surface area contributed by atoms with Gasteiger partial charge in [-0.05, 0) is 35.0 Å². The van der Waals surface area contributed by atoms with Crippen LogP contribution in [-0.4, -0.2) is 48.1 Å². The normalized spacial score (nSPS) is 20.7. The average Bonchev–Trinajstić information content (AvgIpc) is 2.32. The maximum absolute atomic E-state index is 11.8. The number of hydrogen-bond acceptors (Lipinski definition) is 4. The zero-order valence-electron chi connectivity index (χ0n) is 10.2. The molecule has 1 atom stereocenters. The van der Waals surface area contributed by atoms with E-state index >= 15 is 0 Å². The van der Waals surface area contributed by atoms with Crippen LogP contribution in [0.4, 0.5) is 5.82 Å². The van der Waals surface area contributed by atoms with Gasteiger partial charge in [-0.25, -0.2) is 4.98 Å². The number of carbonyl (C=O) groups is 1. The van der Waals surface area contributed by atoms with E-state index in [4.69, 9.17) is 4.74 Å². The van der Waals surface area contributed by atoms with Crippen molar-refractivity contribution in [3.8, 4) is 0 Å². The molecule has 0 saturated carbocycles. The van der Waals surface area contributed by atoms with Crippen molar-refractivity contribution in [1.29, 1.82) is 0 Å². The zero-order valence-corrected chi connectivity index (χ0v) is 11.8. The molecule has 1 amide bonds. The summed E-state index contributed by atoms with van der Waals surface area (Å²) in [7, 11) is 0. The van der Waals surface area contributed by atoms with E-state index in [0.717, 1.165) is 17.6 Å². The van der Waals surface area contributed by atoms with Crippen molar-refractivity contribution in [3.05, 3.63) is 22.8 Å². The summed E-state index contributed by atoms with van der Waals surface area (Å²) in [6.07, 6.45) is 1.85. The van der Waals surface area contributed by atoms with Crippen molar-refractivity contribution in [2.75, 3.05) is 31.6 Å². The van der Waals surface area contributed by atoms with E-state index in [-0.39, 0.29) is 12.0 Å². The van der Waals surface area contributed by atoms with Crippen molar-refractivity contribution in [2.24, 2.45) is 0 Å². The summed E-state index contributed by atoms with van der Waals surface area (Å²) in [6.45, 7) is 4.67. The average molecular weight is 314 g/mol. The minimum absolute atomic E-state index is 0.0427. The SMILES string of the molecule is CC1CN(CC(=O)Nc2ccc(Br)cn2)CCO1. The number of hydrogen-bond donors (Lipinski definition) is 1. The third-order valence-electron chi connectivity index (χ3n) is 2.69. The molecule has 18 heavy (non-hydrogen) atoms. The number of nitrogens with one attached hydrogen (secondary N) is 1. The lowest BCUT2D eigenvalue weighted by Gasteiger charge is -2.30. The number of nitrogens with zero attached hydrogens (tertiary/aromatic N) is 2. The Morgan fingerprint density at radius 2 is 2.50 bits per heavy atom. The van der Waals surface area contributed by atoms with E-state index in [9.17, 15) is 4.79 Å². The van der Waals surface area contributed by atoms with Crippen molar-refractivity contribution in [2.45, 2.75) is 13.0 Å². The molecule has 6 heteroatoms. The van der Waals surface area contributed by atoms with Crippen LogP contribution < -0.4 is 5.32 Å². The molecule has 1 N–H and O–H groups in total. The zero-order chi connectivity index (χ0) is 13.0. The molecule has 0 bridgehead atoms. The van der Waals surface area contributed by atoms with Gasteiger partial charge in [-0.3, -0.25) is 9.69 Å². The largest absolute Gasteiger partial charge is 0.376 e. The van der Waals surface area contributed by atoms with Crippen molar-refractivity contribution >= 4 is 27.7 Å². The summed E-state index contributed by atoms with van der Waals surface area (Å²) < 4.78 is 6.32. The molecule has 1 aliphatic rings. The van der Waals surface area contributed by atoms with E-state index in [1.54, 1.807) is 12.3 Å². The summed E-state index contributed by atoms with van der Waals surface area (Å²) >= 11 is 3.30. The number of rotatable bonds is 3. The Hall–Kier alpha value is -0.980. The van der Waals surface area contributed by atoms with Gasteiger partial charge in [-0.15, -0.1) is 0 Å². The van der Waals surface area contributed by atoms with Gasteiger partial charge in [0, 0.05) is 23.8 Å². The van der Waals surface area contributed by atoms with Crippen LogP contribution in [0.1, 0.15) is 6.92 Å². The number of amides is 1. The fraction of sp³-hybridized carbons (Fsp3) is 0.500. The standard InChI is InChI=1S/C12H16BrN3O2/c1-9-7-16(4-5-18-9)8-12(17)15-11-3-2-10(13)6-14-11/h2-3,6,9H,4-5,7-8H2,1H3,(H,14,15,17). The molecule has 5 nitrogen and oxygen atoms in total. The lowest BCUT2D eigenvalue weighted by molar-refractivity contribution is -0.119. The number of pyridine rings is 1. The lowest BCUT2D eigenvalue weighted by atomic mass is 10.3. The van der Waals surface area contributed by atoms with Crippen LogP contribution in [0.5, 0.6) is 0 Å². The number of carbonyl (C=O) groups excluding carboxylic acids is 1. The van der Waals surface area contributed by atoms with Gasteiger partial charge in [-0.2, -0.15) is 0 Å². The first-order chi connectivity index (χ1) is 8.63. The van der Waals surface area contributed by atoms with Gasteiger partial charge in [0.1, 0.15) is 5.82 Å². The summed E-state index contributed by atoms with van der Waals surface area (Å²) in [6, 6.07) is 3.61. The Kier molecular flexibility index (Phi) is 4.68. The van der Waals surface area contributed by atoms with Crippen LogP contribution in [0.15, 0.2) is 22.8 Å². The van der Waals surface area contributed by atoms with Crippen LogP contribution in [0, 0.1) is 0 Å². The van der Waals surface area contributed by atoms with Gasteiger partial charge in [0.2, 0.25) is 5.91 Å². The first-order valence-electron chi connectivity index (χ1n) is 5.89. The molecule has 1 aromatic rings. The summed E-state index contributed by atoms with van der Waals surface area (Å²) in [5.74, 6) is 0.531. The molecule has 0 radical (unpaired) electrons. The fourth-order valence-corrected chi connectivity index (χ4v) is 2.10. The predicted octanol–water partition coefficient (Wildman–Crippen LogP) is 1.50. The Bertz CT molecular complexity index is 410. The molecule has 1 unspecified atom stereocenters. The lowest BCUT2D eigenvalue weighted by Crippen LogP contribution is -2.44. The molecule has 98 valence electrons. The molecule has 1 aromatic heterocycles. The molecule has 1 fully saturated rings. The smallest absolute Gasteiger partial charge is 0.239 e. The second-order valence-corrected chi connectivity index (χ2v) is 5.24. The van der Waals surface area contributed by atoms with Gasteiger partial charge in [0.25, 0.3) is 0 Å². The highest BCUT2D eigenvalue weighted by molar-refractivity contribution is 9.10. The van der Waals surface area contributed by atoms with Crippen molar-refractivity contribution in [1.82, 2.24) is 9.88 Å². The monoisotopic (exact) mass is 313 g/mol. The highest BCUT2D eigenvalue weighted by Crippen LogP contribution is 2.10. The topological polar surface area (TPSA) is 54.5 Å². The first kappa shape index (κ1) is 13.5. The van der Waals surface area contributed by atoms with E-state index in [2.05, 4.69) is 31.1 Å². The maximum atomic E-state index is 11.8. The Morgan fingerprint density at radius 3 is 3.17 bits per heavy atom. The molecule has 0 aliphatic carbocycles. The minimum atomic E-state index is -0.0427. The van der Waals surface area contributed by atoms with Crippen molar-refractivity contribution in [3.63, 3.8) is 0 Å². The molecule has 1 aliphatic heterocycles. The van der Waals surface area contributed by atoms with Crippen LogP contribution in [0.25, 0.3) is 0 Å². The second kappa shape index (κ2) is 6.26. The molecule has 2 rings (SSSR count). The number of aromatic nitrogens is 1. The molecule has 0 aromatic carbocycles. The Labute approximate surface area is 115 Å². The number of anilines is 1. The van der Waals surface area contributed by atoms with Crippen LogP contribution >= 0.6 is 15.9 Å². The predicted molar refractivity (Wildman–Crippen MR) is 72.4 cm³/mol. The first-order valence-corrected chi connectivity index (χ1v) is 6.68. The highest BCUT2D eigenvalue weighted by atomic mass is 79.9. The van der Waals surface area contributed by atoms with Gasteiger partial charge < -0.3 is 10.1 Å². The molecular formula is C12H16BrN3O2. The minimum Gasteiger partial charge on any atom is -0.376 e. The summed E-state index contributed by atoms with van der Waals surface area (Å²) in [5, 5.41) is 2.78. The molecule has 0 spiro atoms. The quantitative estimate of drug-likeness (QED) is 0.919. The van der Waals surface area contributed by atoms with E-state index in [0.29, 0.717) is 19.0 Å². The summed E-state index contributed by atoms with van der Waals surface area (Å²) in [4.78, 5) is 18.0. The van der Waals surface area contributed by atoms with Gasteiger partial charge in [0.15, 0.2) is 0 Å². The molecule has 1 saturated heterocycles. The maximum Gasteiger partial charge on any atom is 0.239 e. The summed E-state index contributed by atoms with van der Waals surface area (Å²) in [5.41, 5.74) is 0. The van der Waals surface area contributed by atoms with E-state index in [1.807, 2.05) is 13.0 Å². The molecular weight excluding hydrogens is 298 g/mol. The molecule has 2 heterocycles. The number of ether oxygens (including phenoxy) is 1. The van der Waals surface area contributed by atoms with Crippen LogP contribution in [0.3, 0.4) is 0 Å². The van der Waals surface area contributed by atoms with E-state index in [1.165, 1.54) is 0 Å². The van der Waals surface area contributed by atoms with Gasteiger partial charge in [0.05, 0.1) is 19.3 Å². The Morgan fingerprint density at radius 1 is 1.67 bits per heavy atom. The fourth-order valence-electron chi connectivity index (χ4n) is 1.87. The third-order valence-corrected chi connectivity index (χ3v) is 3.16. The van der Waals surface area contributed by atoms with Crippen LogP contribution in [-0.2, 0) is 9.53 Å². The Balaban J connectivity index is 1.83. The highest BCUT2D eigenvalue weighted by Gasteiger charge is 2.18. The van der Waals surface area contributed by atoms with Crippen molar-refractivity contribution < 1.29 is 9.53 Å². The third kappa shape index (κ3) is 4.04.